The topological polar surface area (TPSA) is 68.2 Å². The van der Waals surface area contributed by atoms with Gasteiger partial charge in [-0.1, -0.05) is 10.3 Å². The lowest BCUT2D eigenvalue weighted by molar-refractivity contribution is 0.226. The van der Waals surface area contributed by atoms with E-state index in [0.717, 1.165) is 5.69 Å². The van der Waals surface area contributed by atoms with Gasteiger partial charge < -0.3 is 9.05 Å². The number of hydrogen-bond donors (Lipinski definition) is 0. The Labute approximate surface area is 99.6 Å². The summed E-state index contributed by atoms with van der Waals surface area (Å²) in [6.45, 7) is 4.89. The van der Waals surface area contributed by atoms with Gasteiger partial charge in [-0.15, -0.1) is 0 Å². The van der Waals surface area contributed by atoms with E-state index in [1.54, 1.807) is 6.07 Å². The van der Waals surface area contributed by atoms with E-state index >= 15 is 0 Å². The highest BCUT2D eigenvalue weighted by Gasteiger charge is 2.12. The second kappa shape index (κ2) is 5.09. The fourth-order valence-corrected chi connectivity index (χ4v) is 1.31. The van der Waals surface area contributed by atoms with Crippen molar-refractivity contribution < 1.29 is 9.05 Å². The minimum absolute atomic E-state index is 0.445. The summed E-state index contributed by atoms with van der Waals surface area (Å²) in [7, 11) is 2.02. The third-order valence-corrected chi connectivity index (χ3v) is 2.61. The largest absolute Gasteiger partial charge is 0.364 e. The first-order valence-electron chi connectivity index (χ1n) is 5.56. The molecule has 0 N–H and O–H groups in total. The lowest BCUT2D eigenvalue weighted by atomic mass is 10.3. The molecule has 92 valence electrons. The molecule has 0 bridgehead atoms. The fraction of sp³-hybridized carbons (Fsp3) is 0.545. The van der Waals surface area contributed by atoms with Crippen LogP contribution in [-0.4, -0.2) is 33.3 Å². The molecule has 0 amide bonds. The maximum Gasteiger partial charge on any atom is 0.240 e. The van der Waals surface area contributed by atoms with Crippen molar-refractivity contribution in [2.75, 3.05) is 7.05 Å². The molecule has 0 fully saturated rings. The zero-order chi connectivity index (χ0) is 12.3. The van der Waals surface area contributed by atoms with Crippen LogP contribution in [0.4, 0.5) is 0 Å². The summed E-state index contributed by atoms with van der Waals surface area (Å²) in [5.41, 5.74) is 0.801. The van der Waals surface area contributed by atoms with Gasteiger partial charge in [0.1, 0.15) is 6.26 Å². The Morgan fingerprint density at radius 1 is 1.35 bits per heavy atom. The maximum atomic E-state index is 5.17. The fourth-order valence-electron chi connectivity index (χ4n) is 1.31. The first-order chi connectivity index (χ1) is 8.15. The SMILES string of the molecule is CC(C)N(C)Cc1nc(Cc2ccon2)no1. The minimum atomic E-state index is 0.445. The zero-order valence-electron chi connectivity index (χ0n) is 10.3. The lowest BCUT2D eigenvalue weighted by Crippen LogP contribution is -2.25. The normalized spacial score (nSPS) is 11.6. The molecule has 2 rings (SSSR count). The third kappa shape index (κ3) is 3.13. The number of aromatic nitrogens is 3. The predicted octanol–water partition coefficient (Wildman–Crippen LogP) is 1.49. The van der Waals surface area contributed by atoms with Crippen LogP contribution in [0.3, 0.4) is 0 Å². The highest BCUT2D eigenvalue weighted by molar-refractivity contribution is 5.04. The average molecular weight is 236 g/mol. The van der Waals surface area contributed by atoms with Crippen LogP contribution in [0.25, 0.3) is 0 Å². The molecule has 6 heteroatoms. The molecular weight excluding hydrogens is 220 g/mol. The second-order valence-corrected chi connectivity index (χ2v) is 4.28. The molecule has 6 nitrogen and oxygen atoms in total. The van der Waals surface area contributed by atoms with E-state index in [4.69, 9.17) is 9.05 Å². The maximum absolute atomic E-state index is 5.17. The van der Waals surface area contributed by atoms with Gasteiger partial charge in [0, 0.05) is 12.1 Å². The average Bonchev–Trinajstić information content (AvgIpc) is 2.91. The van der Waals surface area contributed by atoms with E-state index < -0.39 is 0 Å². The molecule has 17 heavy (non-hydrogen) atoms. The molecule has 0 spiro atoms. The van der Waals surface area contributed by atoms with Gasteiger partial charge in [-0.25, -0.2) is 0 Å². The monoisotopic (exact) mass is 236 g/mol. The standard InChI is InChI=1S/C11H16N4O2/c1-8(2)15(3)7-11-12-10(14-17-11)6-9-4-5-16-13-9/h4-5,8H,6-7H2,1-3H3. The number of nitrogens with zero attached hydrogens (tertiary/aromatic N) is 4. The molecule has 0 aliphatic rings. The molecule has 0 saturated carbocycles. The molecule has 0 aliphatic carbocycles. The van der Waals surface area contributed by atoms with Gasteiger partial charge in [-0.05, 0) is 20.9 Å². The van der Waals surface area contributed by atoms with Crippen LogP contribution in [-0.2, 0) is 13.0 Å². The van der Waals surface area contributed by atoms with Crippen molar-refractivity contribution in [3.8, 4) is 0 Å². The molecule has 0 aliphatic heterocycles. The molecule has 0 unspecified atom stereocenters. The molecule has 0 saturated heterocycles. The first-order valence-corrected chi connectivity index (χ1v) is 5.56. The van der Waals surface area contributed by atoms with Gasteiger partial charge in [0.25, 0.3) is 0 Å². The van der Waals surface area contributed by atoms with E-state index in [1.165, 1.54) is 6.26 Å². The highest BCUT2D eigenvalue weighted by atomic mass is 16.5. The van der Waals surface area contributed by atoms with E-state index in [0.29, 0.717) is 30.7 Å². The minimum Gasteiger partial charge on any atom is -0.364 e. The van der Waals surface area contributed by atoms with Gasteiger partial charge >= 0.3 is 0 Å². The predicted molar refractivity (Wildman–Crippen MR) is 60.2 cm³/mol. The number of rotatable bonds is 5. The molecule has 2 heterocycles. The van der Waals surface area contributed by atoms with Crippen LogP contribution in [0.5, 0.6) is 0 Å². The van der Waals surface area contributed by atoms with Gasteiger partial charge in [0.15, 0.2) is 5.82 Å². The summed E-state index contributed by atoms with van der Waals surface area (Å²) >= 11 is 0. The van der Waals surface area contributed by atoms with Gasteiger partial charge in [-0.2, -0.15) is 4.98 Å². The van der Waals surface area contributed by atoms with Crippen molar-refractivity contribution in [3.05, 3.63) is 29.7 Å². The third-order valence-electron chi connectivity index (χ3n) is 2.61. The number of hydrogen-bond acceptors (Lipinski definition) is 6. The highest BCUT2D eigenvalue weighted by Crippen LogP contribution is 2.07. The van der Waals surface area contributed by atoms with Crippen molar-refractivity contribution in [3.63, 3.8) is 0 Å². The second-order valence-electron chi connectivity index (χ2n) is 4.28. The smallest absolute Gasteiger partial charge is 0.240 e. The van der Waals surface area contributed by atoms with Crippen molar-refractivity contribution in [1.82, 2.24) is 20.2 Å². The van der Waals surface area contributed by atoms with Crippen LogP contribution in [0.2, 0.25) is 0 Å². The van der Waals surface area contributed by atoms with E-state index in [9.17, 15) is 0 Å². The summed E-state index contributed by atoms with van der Waals surface area (Å²) in [6.07, 6.45) is 2.06. The summed E-state index contributed by atoms with van der Waals surface area (Å²) in [5.74, 6) is 1.26. The van der Waals surface area contributed by atoms with Gasteiger partial charge in [0.05, 0.1) is 18.7 Å². The Morgan fingerprint density at radius 3 is 2.82 bits per heavy atom. The van der Waals surface area contributed by atoms with Crippen LogP contribution < -0.4 is 0 Å². The van der Waals surface area contributed by atoms with Crippen LogP contribution in [0.15, 0.2) is 21.4 Å². The van der Waals surface area contributed by atoms with Gasteiger partial charge in [-0.3, -0.25) is 4.90 Å². The molecule has 2 aromatic heterocycles. The van der Waals surface area contributed by atoms with Crippen LogP contribution >= 0.6 is 0 Å². The summed E-state index contributed by atoms with van der Waals surface area (Å²) in [4.78, 5) is 6.44. The van der Waals surface area contributed by atoms with E-state index in [1.807, 2.05) is 7.05 Å². The Balaban J connectivity index is 1.96. The molecule has 0 atom stereocenters. The summed E-state index contributed by atoms with van der Waals surface area (Å²) in [6, 6.07) is 2.23. The van der Waals surface area contributed by atoms with E-state index in [2.05, 4.69) is 34.0 Å². The van der Waals surface area contributed by atoms with Crippen molar-refractivity contribution in [2.45, 2.75) is 32.9 Å². The molecule has 2 aromatic rings. The van der Waals surface area contributed by atoms with Gasteiger partial charge in [0.2, 0.25) is 5.89 Å². The Morgan fingerprint density at radius 2 is 2.18 bits per heavy atom. The quantitative estimate of drug-likeness (QED) is 0.783. The van der Waals surface area contributed by atoms with Crippen LogP contribution in [0, 0.1) is 0 Å². The summed E-state index contributed by atoms with van der Waals surface area (Å²) < 4.78 is 9.92. The lowest BCUT2D eigenvalue weighted by Gasteiger charge is -2.17. The molecule has 0 aromatic carbocycles. The van der Waals surface area contributed by atoms with Crippen molar-refractivity contribution in [1.29, 1.82) is 0 Å². The molecular formula is C11H16N4O2. The molecule has 0 radical (unpaired) electrons. The van der Waals surface area contributed by atoms with Crippen molar-refractivity contribution >= 4 is 0 Å². The summed E-state index contributed by atoms with van der Waals surface area (Å²) in [5, 5.41) is 7.71. The zero-order valence-corrected chi connectivity index (χ0v) is 10.3. The Hall–Kier alpha value is -1.69. The van der Waals surface area contributed by atoms with E-state index in [-0.39, 0.29) is 0 Å². The van der Waals surface area contributed by atoms with Crippen molar-refractivity contribution in [2.24, 2.45) is 0 Å². The Bertz CT molecular complexity index is 450. The van der Waals surface area contributed by atoms with Crippen LogP contribution in [0.1, 0.15) is 31.3 Å². The first kappa shape index (κ1) is 11.8. The Kier molecular flexibility index (Phi) is 3.53.